The van der Waals surface area contributed by atoms with E-state index in [0.717, 1.165) is 27.9 Å². The molecule has 2 aromatic heterocycles. The van der Waals surface area contributed by atoms with Gasteiger partial charge in [-0.1, -0.05) is 12.1 Å². The first-order chi connectivity index (χ1) is 8.65. The lowest BCUT2D eigenvalue weighted by molar-refractivity contribution is 0.628. The van der Waals surface area contributed by atoms with E-state index in [1.54, 1.807) is 18.3 Å². The Labute approximate surface area is 103 Å². The van der Waals surface area contributed by atoms with Crippen molar-refractivity contribution in [2.45, 2.75) is 6.92 Å². The lowest BCUT2D eigenvalue weighted by Crippen LogP contribution is -1.89. The van der Waals surface area contributed by atoms with Crippen molar-refractivity contribution in [3.63, 3.8) is 0 Å². The molecule has 0 unspecified atom stereocenters. The minimum atomic E-state index is -0.247. The molecule has 0 radical (unpaired) electrons. The monoisotopic (exact) mass is 241 g/mol. The van der Waals surface area contributed by atoms with Crippen LogP contribution in [0.5, 0.6) is 0 Å². The molecule has 3 rings (SSSR count). The fourth-order valence-corrected chi connectivity index (χ4v) is 2.15. The number of aromatic nitrogens is 2. The Balaban J connectivity index is 2.33. The molecule has 0 atom stereocenters. The van der Waals surface area contributed by atoms with Gasteiger partial charge in [0.05, 0.1) is 5.69 Å². The SMILES string of the molecule is Cc1cc(-c2ccc(F)cc2)c2c(N)c[nH]c2n1. The Bertz CT molecular complexity index is 714. The Hall–Kier alpha value is -2.36. The number of halogens is 1. The third-order valence-electron chi connectivity index (χ3n) is 2.96. The van der Waals surface area contributed by atoms with Crippen LogP contribution in [0.3, 0.4) is 0 Å². The molecule has 0 bridgehead atoms. The van der Waals surface area contributed by atoms with E-state index in [0.29, 0.717) is 5.69 Å². The number of H-pyrrole nitrogens is 1. The number of benzene rings is 1. The Morgan fingerprint density at radius 1 is 1.22 bits per heavy atom. The second-order valence-electron chi connectivity index (χ2n) is 4.29. The van der Waals surface area contributed by atoms with Crippen LogP contribution in [0.25, 0.3) is 22.2 Å². The minimum absolute atomic E-state index is 0.247. The summed E-state index contributed by atoms with van der Waals surface area (Å²) in [6, 6.07) is 8.34. The molecule has 0 spiro atoms. The van der Waals surface area contributed by atoms with Gasteiger partial charge in [-0.25, -0.2) is 9.37 Å². The molecule has 0 saturated carbocycles. The maximum atomic E-state index is 13.0. The van der Waals surface area contributed by atoms with Gasteiger partial charge in [-0.15, -0.1) is 0 Å². The maximum absolute atomic E-state index is 13.0. The summed E-state index contributed by atoms with van der Waals surface area (Å²) in [5, 5.41) is 0.882. The van der Waals surface area contributed by atoms with Crippen molar-refractivity contribution in [3.8, 4) is 11.1 Å². The number of hydrogen-bond acceptors (Lipinski definition) is 2. The van der Waals surface area contributed by atoms with Gasteiger partial charge in [0, 0.05) is 17.3 Å². The molecular formula is C14H12FN3. The van der Waals surface area contributed by atoms with Crippen LogP contribution in [0.1, 0.15) is 5.69 Å². The first-order valence-corrected chi connectivity index (χ1v) is 5.65. The van der Waals surface area contributed by atoms with Crippen LogP contribution < -0.4 is 5.73 Å². The van der Waals surface area contributed by atoms with Gasteiger partial charge in [0.15, 0.2) is 0 Å². The molecule has 3 aromatic rings. The molecule has 0 aliphatic rings. The van der Waals surface area contributed by atoms with Crippen LogP contribution in [-0.2, 0) is 0 Å². The number of nitrogens with zero attached hydrogens (tertiary/aromatic N) is 1. The average Bonchev–Trinajstić information content (AvgIpc) is 2.71. The highest BCUT2D eigenvalue weighted by Crippen LogP contribution is 2.32. The molecule has 18 heavy (non-hydrogen) atoms. The molecule has 2 heterocycles. The number of nitrogens with one attached hydrogen (secondary N) is 1. The van der Waals surface area contributed by atoms with E-state index < -0.39 is 0 Å². The summed E-state index contributed by atoms with van der Waals surface area (Å²) in [7, 11) is 0. The van der Waals surface area contributed by atoms with Crippen LogP contribution >= 0.6 is 0 Å². The second kappa shape index (κ2) is 3.84. The van der Waals surface area contributed by atoms with E-state index in [1.165, 1.54) is 12.1 Å². The van der Waals surface area contributed by atoms with Crippen molar-refractivity contribution in [1.82, 2.24) is 9.97 Å². The first-order valence-electron chi connectivity index (χ1n) is 5.65. The topological polar surface area (TPSA) is 54.7 Å². The Morgan fingerprint density at radius 2 is 1.94 bits per heavy atom. The lowest BCUT2D eigenvalue weighted by Gasteiger charge is -2.06. The molecule has 0 amide bonds. The van der Waals surface area contributed by atoms with Crippen molar-refractivity contribution in [1.29, 1.82) is 0 Å². The molecule has 0 aliphatic carbocycles. The van der Waals surface area contributed by atoms with Crippen molar-refractivity contribution in [2.24, 2.45) is 0 Å². The van der Waals surface area contributed by atoms with Crippen molar-refractivity contribution >= 4 is 16.7 Å². The van der Waals surface area contributed by atoms with E-state index in [9.17, 15) is 4.39 Å². The van der Waals surface area contributed by atoms with Crippen LogP contribution in [-0.4, -0.2) is 9.97 Å². The highest BCUT2D eigenvalue weighted by atomic mass is 19.1. The zero-order valence-electron chi connectivity index (χ0n) is 9.87. The van der Waals surface area contributed by atoms with Crippen LogP contribution in [0.2, 0.25) is 0 Å². The Kier molecular flexibility index (Phi) is 2.30. The van der Waals surface area contributed by atoms with Crippen LogP contribution in [0.15, 0.2) is 36.5 Å². The first kappa shape index (κ1) is 10.8. The summed E-state index contributed by atoms with van der Waals surface area (Å²) in [6.45, 7) is 1.92. The van der Waals surface area contributed by atoms with Gasteiger partial charge in [-0.3, -0.25) is 0 Å². The van der Waals surface area contributed by atoms with Gasteiger partial charge in [-0.2, -0.15) is 0 Å². The van der Waals surface area contributed by atoms with Gasteiger partial charge in [0.2, 0.25) is 0 Å². The molecule has 3 nitrogen and oxygen atoms in total. The number of rotatable bonds is 1. The van der Waals surface area contributed by atoms with Gasteiger partial charge < -0.3 is 10.7 Å². The molecule has 0 fully saturated rings. The Morgan fingerprint density at radius 3 is 2.67 bits per heavy atom. The number of anilines is 1. The fraction of sp³-hybridized carbons (Fsp3) is 0.0714. The largest absolute Gasteiger partial charge is 0.397 e. The van der Waals surface area contributed by atoms with Gasteiger partial charge in [0.1, 0.15) is 11.5 Å². The molecule has 0 aliphatic heterocycles. The van der Waals surface area contributed by atoms with Crippen molar-refractivity contribution < 1.29 is 4.39 Å². The summed E-state index contributed by atoms with van der Waals surface area (Å²) in [4.78, 5) is 7.43. The second-order valence-corrected chi connectivity index (χ2v) is 4.29. The average molecular weight is 241 g/mol. The molecule has 4 heteroatoms. The third-order valence-corrected chi connectivity index (χ3v) is 2.96. The highest BCUT2D eigenvalue weighted by molar-refractivity contribution is 6.01. The number of aryl methyl sites for hydroxylation is 1. The molecular weight excluding hydrogens is 229 g/mol. The summed E-state index contributed by atoms with van der Waals surface area (Å²) < 4.78 is 13.0. The van der Waals surface area contributed by atoms with E-state index >= 15 is 0 Å². The van der Waals surface area contributed by atoms with Crippen LogP contribution in [0, 0.1) is 12.7 Å². The van der Waals surface area contributed by atoms with E-state index in [-0.39, 0.29) is 5.82 Å². The van der Waals surface area contributed by atoms with Crippen LogP contribution in [0.4, 0.5) is 10.1 Å². The number of aromatic amines is 1. The van der Waals surface area contributed by atoms with Gasteiger partial charge >= 0.3 is 0 Å². The third kappa shape index (κ3) is 1.62. The lowest BCUT2D eigenvalue weighted by atomic mass is 10.0. The van der Waals surface area contributed by atoms with E-state index in [4.69, 9.17) is 5.73 Å². The normalized spacial score (nSPS) is 11.0. The summed E-state index contributed by atoms with van der Waals surface area (Å²) >= 11 is 0. The number of nitrogens with two attached hydrogens (primary N) is 1. The standard InChI is InChI=1S/C14H12FN3/c1-8-6-11(9-2-4-10(15)5-3-9)13-12(16)7-17-14(13)18-8/h2-7H,16H2,1H3,(H,17,18). The number of nitrogen functional groups attached to an aromatic ring is 1. The number of hydrogen-bond donors (Lipinski definition) is 2. The summed E-state index contributed by atoms with van der Waals surface area (Å²) in [6.07, 6.45) is 1.73. The number of fused-ring (bicyclic) bond motifs is 1. The number of pyridine rings is 1. The van der Waals surface area contributed by atoms with E-state index in [2.05, 4.69) is 9.97 Å². The minimum Gasteiger partial charge on any atom is -0.397 e. The fourth-order valence-electron chi connectivity index (χ4n) is 2.15. The predicted molar refractivity (Wildman–Crippen MR) is 70.6 cm³/mol. The van der Waals surface area contributed by atoms with Gasteiger partial charge in [0.25, 0.3) is 0 Å². The zero-order chi connectivity index (χ0) is 12.7. The molecule has 1 aromatic carbocycles. The maximum Gasteiger partial charge on any atom is 0.140 e. The summed E-state index contributed by atoms with van der Waals surface area (Å²) in [5.74, 6) is -0.247. The van der Waals surface area contributed by atoms with Crippen molar-refractivity contribution in [3.05, 3.63) is 48.0 Å². The molecule has 0 saturated heterocycles. The summed E-state index contributed by atoms with van der Waals surface area (Å²) in [5.41, 5.74) is 10.1. The molecule has 3 N–H and O–H groups in total. The quantitative estimate of drug-likeness (QED) is 0.687. The van der Waals surface area contributed by atoms with Crippen molar-refractivity contribution in [2.75, 3.05) is 5.73 Å². The van der Waals surface area contributed by atoms with E-state index in [1.807, 2.05) is 13.0 Å². The predicted octanol–water partition coefficient (Wildman–Crippen LogP) is 3.26. The van der Waals surface area contributed by atoms with Gasteiger partial charge in [-0.05, 0) is 36.2 Å². The zero-order valence-corrected chi connectivity index (χ0v) is 9.87. The highest BCUT2D eigenvalue weighted by Gasteiger charge is 2.10. The smallest absolute Gasteiger partial charge is 0.140 e. The molecule has 90 valence electrons.